The van der Waals surface area contributed by atoms with Gasteiger partial charge in [-0.15, -0.1) is 0 Å². The summed E-state index contributed by atoms with van der Waals surface area (Å²) in [5.41, 5.74) is 0.533. The number of aliphatic hydroxyl groups excluding tert-OH is 2. The Kier molecular flexibility index (Phi) is 3.72. The smallest absolute Gasteiger partial charge is 0.162 e. The first kappa shape index (κ1) is 13.9. The summed E-state index contributed by atoms with van der Waals surface area (Å²) in [6, 6.07) is 0. The number of aromatic nitrogens is 2. The summed E-state index contributed by atoms with van der Waals surface area (Å²) in [6.07, 6.45) is 1.93. The Labute approximate surface area is 122 Å². The fourth-order valence-electron chi connectivity index (χ4n) is 2.60. The monoisotopic (exact) mass is 298 g/mol. The Hall–Kier alpha value is -1.09. The fraction of sp³-hybridized carbons (Fsp3) is 0.667. The minimum absolute atomic E-state index is 0.0455. The van der Waals surface area contributed by atoms with Crippen LogP contribution in [0.1, 0.15) is 31.4 Å². The molecule has 1 fully saturated rings. The molecule has 7 nitrogen and oxygen atoms in total. The van der Waals surface area contributed by atoms with E-state index in [1.54, 1.807) is 24.2 Å². The van der Waals surface area contributed by atoms with Crippen molar-refractivity contribution in [3.63, 3.8) is 0 Å². The summed E-state index contributed by atoms with van der Waals surface area (Å²) in [7, 11) is 0. The molecular weight excluding hydrogens is 280 g/mol. The van der Waals surface area contributed by atoms with Gasteiger partial charge in [0.1, 0.15) is 18.0 Å². The molecule has 0 amide bonds. The van der Waals surface area contributed by atoms with Crippen molar-refractivity contribution in [2.75, 3.05) is 6.54 Å². The highest BCUT2D eigenvalue weighted by molar-refractivity contribution is 7.81. The number of nitrogens with zero attached hydrogens (tertiary/aromatic N) is 3. The van der Waals surface area contributed by atoms with Gasteiger partial charge >= 0.3 is 0 Å². The van der Waals surface area contributed by atoms with Crippen molar-refractivity contribution in [3.8, 4) is 0 Å². The average molecular weight is 298 g/mol. The first-order valence-electron chi connectivity index (χ1n) is 6.60. The van der Waals surface area contributed by atoms with Crippen LogP contribution in [0.3, 0.4) is 0 Å². The highest BCUT2D eigenvalue weighted by atomic mass is 32.1. The second-order valence-corrected chi connectivity index (χ2v) is 5.81. The Morgan fingerprint density at radius 2 is 2.40 bits per heavy atom. The number of hydrogen-bond donors (Lipinski definition) is 4. The van der Waals surface area contributed by atoms with Crippen LogP contribution in [-0.2, 0) is 4.74 Å². The topological polar surface area (TPSA) is 91.9 Å². The largest absolute Gasteiger partial charge is 0.391 e. The molecule has 3 N–H and O–H groups in total. The lowest BCUT2D eigenvalue weighted by molar-refractivity contribution is -0.0510. The standard InChI is InChI=1S/C12H18N4O3S/c1-6(17)11-8(20)2-9(19-11)16-5-15-10-7(18)3-13-4-14-12(10)16/h4-9,11,17-18,20H,2-3H2,1H3,(H,13,14)/t6?,7-,8+,9+,11-/m1/s1. The molecule has 3 rings (SSSR count). The van der Waals surface area contributed by atoms with Gasteiger partial charge in [0.2, 0.25) is 0 Å². The van der Waals surface area contributed by atoms with E-state index < -0.39 is 12.2 Å². The summed E-state index contributed by atoms with van der Waals surface area (Å²) >= 11 is 4.46. The number of rotatable bonds is 2. The van der Waals surface area contributed by atoms with Gasteiger partial charge in [-0.25, -0.2) is 9.98 Å². The molecule has 0 radical (unpaired) electrons. The van der Waals surface area contributed by atoms with E-state index in [0.717, 1.165) is 0 Å². The molecule has 0 aromatic carbocycles. The molecule has 0 spiro atoms. The molecule has 3 heterocycles. The third-order valence-corrected chi connectivity index (χ3v) is 4.13. The van der Waals surface area contributed by atoms with Crippen LogP contribution < -0.4 is 5.32 Å². The molecule has 0 bridgehead atoms. The van der Waals surface area contributed by atoms with Gasteiger partial charge in [0.15, 0.2) is 5.82 Å². The normalized spacial score (nSPS) is 34.4. The second kappa shape index (κ2) is 5.36. The summed E-state index contributed by atoms with van der Waals surface area (Å²) in [4.78, 5) is 8.50. The zero-order valence-corrected chi connectivity index (χ0v) is 11.9. The van der Waals surface area contributed by atoms with Gasteiger partial charge in [-0.3, -0.25) is 4.57 Å². The summed E-state index contributed by atoms with van der Waals surface area (Å²) in [6.45, 7) is 2.07. The number of aliphatic hydroxyl groups is 2. The lowest BCUT2D eigenvalue weighted by atomic mass is 10.1. The minimum Gasteiger partial charge on any atom is -0.391 e. The van der Waals surface area contributed by atoms with E-state index in [1.807, 2.05) is 0 Å². The highest BCUT2D eigenvalue weighted by Crippen LogP contribution is 2.38. The predicted octanol–water partition coefficient (Wildman–Crippen LogP) is 0.146. The lowest BCUT2D eigenvalue weighted by Crippen LogP contribution is -2.29. The molecule has 1 aromatic heterocycles. The molecule has 5 atom stereocenters. The Morgan fingerprint density at radius 3 is 3.10 bits per heavy atom. The molecular formula is C12H18N4O3S. The van der Waals surface area contributed by atoms with E-state index >= 15 is 0 Å². The number of aliphatic imine (C=N–C) groups is 1. The summed E-state index contributed by atoms with van der Waals surface area (Å²) in [5, 5.41) is 22.5. The molecule has 8 heteroatoms. The fourth-order valence-corrected chi connectivity index (χ4v) is 3.10. The van der Waals surface area contributed by atoms with Crippen LogP contribution in [0, 0.1) is 0 Å². The van der Waals surface area contributed by atoms with Crippen LogP contribution in [0.4, 0.5) is 5.82 Å². The van der Waals surface area contributed by atoms with Crippen LogP contribution in [-0.4, -0.2) is 50.1 Å². The third kappa shape index (κ3) is 2.32. The van der Waals surface area contributed by atoms with Crippen LogP contribution in [0.15, 0.2) is 11.3 Å². The summed E-state index contributed by atoms with van der Waals surface area (Å²) in [5.74, 6) is 0.583. The predicted molar refractivity (Wildman–Crippen MR) is 76.3 cm³/mol. The van der Waals surface area contributed by atoms with Crippen molar-refractivity contribution in [1.82, 2.24) is 14.9 Å². The number of thiol groups is 1. The first-order valence-corrected chi connectivity index (χ1v) is 7.12. The maximum absolute atomic E-state index is 9.98. The van der Waals surface area contributed by atoms with Crippen LogP contribution in [0.25, 0.3) is 0 Å². The number of imidazole rings is 1. The molecule has 110 valence electrons. The third-order valence-electron chi connectivity index (χ3n) is 3.62. The second-order valence-electron chi connectivity index (χ2n) is 5.14. The van der Waals surface area contributed by atoms with Gasteiger partial charge in [0.25, 0.3) is 0 Å². The molecule has 2 aliphatic rings. The van der Waals surface area contributed by atoms with Gasteiger partial charge in [-0.1, -0.05) is 0 Å². The van der Waals surface area contributed by atoms with Crippen molar-refractivity contribution in [2.45, 2.75) is 43.1 Å². The Balaban J connectivity index is 1.89. The van der Waals surface area contributed by atoms with Crippen molar-refractivity contribution < 1.29 is 14.9 Å². The van der Waals surface area contributed by atoms with Crippen molar-refractivity contribution >= 4 is 24.8 Å². The number of β-amino-alcohol motifs (C(OH)–C–C–N with tert-alkyl or cyclic N) is 1. The average Bonchev–Trinajstić information content (AvgIpc) is 2.93. The summed E-state index contributed by atoms with van der Waals surface area (Å²) < 4.78 is 7.63. The minimum atomic E-state index is -0.700. The number of ether oxygens (including phenoxy) is 1. The molecule has 1 aromatic rings. The van der Waals surface area contributed by atoms with Crippen LogP contribution in [0.5, 0.6) is 0 Å². The molecule has 20 heavy (non-hydrogen) atoms. The van der Waals surface area contributed by atoms with E-state index in [-0.39, 0.29) is 17.6 Å². The molecule has 0 saturated carbocycles. The number of hydrogen-bond acceptors (Lipinski definition) is 7. The van der Waals surface area contributed by atoms with Gasteiger partial charge in [0.05, 0.1) is 24.9 Å². The number of fused-ring (bicyclic) bond motifs is 1. The van der Waals surface area contributed by atoms with Crippen LogP contribution in [0.2, 0.25) is 0 Å². The van der Waals surface area contributed by atoms with E-state index in [2.05, 4.69) is 27.9 Å². The highest BCUT2D eigenvalue weighted by Gasteiger charge is 2.38. The van der Waals surface area contributed by atoms with Gasteiger partial charge in [-0.2, -0.15) is 12.6 Å². The zero-order chi connectivity index (χ0) is 14.3. The van der Waals surface area contributed by atoms with E-state index in [9.17, 15) is 10.2 Å². The van der Waals surface area contributed by atoms with E-state index in [4.69, 9.17) is 4.74 Å². The van der Waals surface area contributed by atoms with Crippen LogP contribution >= 0.6 is 12.6 Å². The van der Waals surface area contributed by atoms with Gasteiger partial charge < -0.3 is 20.3 Å². The zero-order valence-electron chi connectivity index (χ0n) is 11.0. The Morgan fingerprint density at radius 1 is 1.60 bits per heavy atom. The maximum atomic E-state index is 9.98. The van der Waals surface area contributed by atoms with E-state index in [0.29, 0.717) is 24.5 Å². The van der Waals surface area contributed by atoms with Gasteiger partial charge in [-0.05, 0) is 6.92 Å². The SMILES string of the molecule is CC(O)[C@H]1O[C@H](n2cnc3c2N=CNC[C@H]3O)C[C@@H]1S. The Bertz CT molecular complexity index is 519. The van der Waals surface area contributed by atoms with E-state index in [1.165, 1.54) is 0 Å². The lowest BCUT2D eigenvalue weighted by Gasteiger charge is -2.18. The van der Waals surface area contributed by atoms with Crippen molar-refractivity contribution in [3.05, 3.63) is 12.0 Å². The van der Waals surface area contributed by atoms with Gasteiger partial charge in [0, 0.05) is 18.2 Å². The quantitative estimate of drug-likeness (QED) is 0.583. The first-order chi connectivity index (χ1) is 9.58. The molecule has 1 saturated heterocycles. The molecule has 1 unspecified atom stereocenters. The van der Waals surface area contributed by atoms with Crippen molar-refractivity contribution in [1.29, 1.82) is 0 Å². The molecule has 2 aliphatic heterocycles. The maximum Gasteiger partial charge on any atom is 0.162 e. The van der Waals surface area contributed by atoms with Crippen molar-refractivity contribution in [2.24, 2.45) is 4.99 Å². The number of nitrogens with one attached hydrogen (secondary N) is 1. The molecule has 0 aliphatic carbocycles.